The maximum Gasteiger partial charge on any atom is 0.280 e. The summed E-state index contributed by atoms with van der Waals surface area (Å²) < 4.78 is 16.4. The van der Waals surface area contributed by atoms with Gasteiger partial charge in [0, 0.05) is 0 Å². The summed E-state index contributed by atoms with van der Waals surface area (Å²) in [6.45, 7) is 0.00409. The minimum Gasteiger partial charge on any atom is -0.493 e. The van der Waals surface area contributed by atoms with Gasteiger partial charge in [0.25, 0.3) is 5.69 Å². The lowest BCUT2D eigenvalue weighted by molar-refractivity contribution is -0.385. The summed E-state index contributed by atoms with van der Waals surface area (Å²) in [7, 11) is 2.91. The van der Waals surface area contributed by atoms with E-state index in [1.165, 1.54) is 37.9 Å². The third-order valence-corrected chi connectivity index (χ3v) is 6.39. The minimum absolute atomic E-state index is 0.00409. The molecule has 1 aliphatic rings. The molecule has 0 atom stereocenters. The standard InChI is InChI=1S/C28H28N2O6/c1-34-26-16-22(25(30(32)33)17-27(26)35-2)18-36-24-14-10-21(11-15-24)28(19-6-4-3-5-7-19)20-8-12-23(29-31)13-9-20/h8-17H,3-7,18H2,1-2H3. The van der Waals surface area contributed by atoms with Crippen LogP contribution in [0.3, 0.4) is 0 Å². The molecule has 1 fully saturated rings. The normalized spacial score (nSPS) is 13.1. The summed E-state index contributed by atoms with van der Waals surface area (Å²) in [5.74, 6) is 1.28. The predicted octanol–water partition coefficient (Wildman–Crippen LogP) is 7.35. The molecule has 0 amide bonds. The van der Waals surface area contributed by atoms with Crippen molar-refractivity contribution in [2.45, 2.75) is 38.7 Å². The Bertz CT molecular complexity index is 1260. The van der Waals surface area contributed by atoms with E-state index >= 15 is 0 Å². The Labute approximate surface area is 209 Å². The largest absolute Gasteiger partial charge is 0.493 e. The van der Waals surface area contributed by atoms with Crippen molar-refractivity contribution < 1.29 is 19.1 Å². The lowest BCUT2D eigenvalue weighted by atomic mass is 9.85. The molecule has 0 radical (unpaired) electrons. The molecule has 3 aromatic rings. The van der Waals surface area contributed by atoms with Gasteiger partial charge in [-0.25, -0.2) is 0 Å². The SMILES string of the molecule is COc1cc(COc2ccc(C(=C3CCCCC3)c3ccc(N=O)cc3)cc2)c([N+](=O)[O-])cc1OC. The van der Waals surface area contributed by atoms with Crippen LogP contribution in [0.4, 0.5) is 11.4 Å². The third-order valence-electron chi connectivity index (χ3n) is 6.39. The number of hydrogen-bond acceptors (Lipinski definition) is 7. The lowest BCUT2D eigenvalue weighted by Crippen LogP contribution is -2.03. The van der Waals surface area contributed by atoms with E-state index in [1.807, 2.05) is 36.4 Å². The van der Waals surface area contributed by atoms with Crippen LogP contribution in [-0.4, -0.2) is 19.1 Å². The Morgan fingerprint density at radius 2 is 1.47 bits per heavy atom. The van der Waals surface area contributed by atoms with Crippen molar-refractivity contribution in [1.82, 2.24) is 0 Å². The van der Waals surface area contributed by atoms with E-state index in [1.54, 1.807) is 18.2 Å². The summed E-state index contributed by atoms with van der Waals surface area (Å²) in [5, 5.41) is 14.6. The maximum atomic E-state index is 11.6. The van der Waals surface area contributed by atoms with Crippen LogP contribution in [0.15, 0.2) is 71.4 Å². The van der Waals surface area contributed by atoms with E-state index < -0.39 is 4.92 Å². The molecule has 0 heterocycles. The first-order valence-electron chi connectivity index (χ1n) is 11.8. The fourth-order valence-electron chi connectivity index (χ4n) is 4.57. The number of benzene rings is 3. The molecular weight excluding hydrogens is 460 g/mol. The molecule has 0 bridgehead atoms. The molecule has 4 rings (SSSR count). The molecule has 0 aromatic heterocycles. The topological polar surface area (TPSA) is 100 Å². The van der Waals surface area contributed by atoms with E-state index in [0.29, 0.717) is 22.7 Å². The molecule has 1 aliphatic carbocycles. The van der Waals surface area contributed by atoms with Gasteiger partial charge in [-0.3, -0.25) is 10.1 Å². The average Bonchev–Trinajstić information content (AvgIpc) is 2.93. The number of rotatable bonds is 9. The first-order valence-corrected chi connectivity index (χ1v) is 11.8. The van der Waals surface area contributed by atoms with E-state index in [2.05, 4.69) is 5.18 Å². The molecule has 186 valence electrons. The van der Waals surface area contributed by atoms with Crippen LogP contribution in [0, 0.1) is 15.0 Å². The van der Waals surface area contributed by atoms with Gasteiger partial charge >= 0.3 is 0 Å². The number of nitro groups is 1. The van der Waals surface area contributed by atoms with Crippen molar-refractivity contribution >= 4 is 16.9 Å². The van der Waals surface area contributed by atoms with Gasteiger partial charge in [-0.1, -0.05) is 36.3 Å². The fourth-order valence-corrected chi connectivity index (χ4v) is 4.57. The zero-order valence-corrected chi connectivity index (χ0v) is 20.4. The molecule has 0 spiro atoms. The van der Waals surface area contributed by atoms with E-state index in [-0.39, 0.29) is 18.0 Å². The summed E-state index contributed by atoms with van der Waals surface area (Å²) in [5.41, 5.74) is 5.38. The van der Waals surface area contributed by atoms with E-state index in [0.717, 1.165) is 36.8 Å². The molecule has 0 saturated heterocycles. The van der Waals surface area contributed by atoms with Crippen LogP contribution in [0.25, 0.3) is 5.57 Å². The fraction of sp³-hybridized carbons (Fsp3) is 0.286. The minimum atomic E-state index is -0.461. The molecule has 36 heavy (non-hydrogen) atoms. The highest BCUT2D eigenvalue weighted by Gasteiger charge is 2.20. The van der Waals surface area contributed by atoms with Crippen LogP contribution in [0.1, 0.15) is 48.8 Å². The number of allylic oxidation sites excluding steroid dienone is 1. The summed E-state index contributed by atoms with van der Waals surface area (Å²) in [4.78, 5) is 22.0. The van der Waals surface area contributed by atoms with E-state index in [4.69, 9.17) is 14.2 Å². The Balaban J connectivity index is 1.59. The van der Waals surface area contributed by atoms with Gasteiger partial charge in [-0.15, -0.1) is 4.91 Å². The van der Waals surface area contributed by atoms with Gasteiger partial charge in [-0.05, 0) is 77.9 Å². The molecule has 1 saturated carbocycles. The van der Waals surface area contributed by atoms with Crippen LogP contribution in [0.5, 0.6) is 17.2 Å². The number of nitrogens with zero attached hydrogens (tertiary/aromatic N) is 2. The first kappa shape index (κ1) is 24.9. The second-order valence-corrected chi connectivity index (χ2v) is 8.58. The lowest BCUT2D eigenvalue weighted by Gasteiger charge is -2.20. The highest BCUT2D eigenvalue weighted by Crippen LogP contribution is 2.37. The number of hydrogen-bond donors (Lipinski definition) is 0. The molecule has 8 heteroatoms. The van der Waals surface area contributed by atoms with Gasteiger partial charge in [0.1, 0.15) is 18.0 Å². The van der Waals surface area contributed by atoms with Crippen molar-refractivity contribution in [3.8, 4) is 17.2 Å². The van der Waals surface area contributed by atoms with Gasteiger partial charge in [0.05, 0.1) is 30.8 Å². The smallest absolute Gasteiger partial charge is 0.280 e. The molecule has 0 aliphatic heterocycles. The van der Waals surface area contributed by atoms with Crippen molar-refractivity contribution in [3.05, 3.63) is 97.9 Å². The summed E-state index contributed by atoms with van der Waals surface area (Å²) in [6, 6.07) is 18.0. The Kier molecular flexibility index (Phi) is 7.95. The zero-order chi connectivity index (χ0) is 25.5. The Hall–Kier alpha value is -4.20. The van der Waals surface area contributed by atoms with E-state index in [9.17, 15) is 15.0 Å². The Morgan fingerprint density at radius 1 is 0.889 bits per heavy atom. The number of nitroso groups, excluding NO2 is 1. The number of methoxy groups -OCH3 is 2. The van der Waals surface area contributed by atoms with Crippen molar-refractivity contribution in [3.63, 3.8) is 0 Å². The zero-order valence-electron chi connectivity index (χ0n) is 20.4. The highest BCUT2D eigenvalue weighted by molar-refractivity contribution is 5.83. The molecule has 0 unspecified atom stereocenters. The molecular formula is C28H28N2O6. The first-order chi connectivity index (χ1) is 17.5. The van der Waals surface area contributed by atoms with Crippen LogP contribution in [0.2, 0.25) is 0 Å². The van der Waals surface area contributed by atoms with Gasteiger partial charge in [-0.2, -0.15) is 0 Å². The second kappa shape index (κ2) is 11.5. The van der Waals surface area contributed by atoms with Crippen LogP contribution in [-0.2, 0) is 6.61 Å². The quantitative estimate of drug-likeness (QED) is 0.177. The maximum absolute atomic E-state index is 11.6. The van der Waals surface area contributed by atoms with Crippen LogP contribution < -0.4 is 14.2 Å². The third kappa shape index (κ3) is 5.54. The van der Waals surface area contributed by atoms with Crippen molar-refractivity contribution in [2.24, 2.45) is 5.18 Å². The number of nitro benzene ring substituents is 1. The monoisotopic (exact) mass is 488 g/mol. The Morgan fingerprint density at radius 3 is 2.03 bits per heavy atom. The van der Waals surface area contributed by atoms with Crippen molar-refractivity contribution in [1.29, 1.82) is 0 Å². The predicted molar refractivity (Wildman–Crippen MR) is 138 cm³/mol. The summed E-state index contributed by atoms with van der Waals surface area (Å²) in [6.07, 6.45) is 5.66. The van der Waals surface area contributed by atoms with Crippen molar-refractivity contribution in [2.75, 3.05) is 14.2 Å². The van der Waals surface area contributed by atoms with Gasteiger partial charge < -0.3 is 14.2 Å². The van der Waals surface area contributed by atoms with Gasteiger partial charge in [0.15, 0.2) is 11.5 Å². The molecule has 8 nitrogen and oxygen atoms in total. The highest BCUT2D eigenvalue weighted by atomic mass is 16.6. The molecule has 0 N–H and O–H groups in total. The molecule has 3 aromatic carbocycles. The summed E-state index contributed by atoms with van der Waals surface area (Å²) >= 11 is 0. The number of ether oxygens (including phenoxy) is 3. The van der Waals surface area contributed by atoms with Gasteiger partial charge in [0.2, 0.25) is 0 Å². The van der Waals surface area contributed by atoms with Crippen LogP contribution >= 0.6 is 0 Å². The second-order valence-electron chi connectivity index (χ2n) is 8.58. The average molecular weight is 489 g/mol.